The van der Waals surface area contributed by atoms with Crippen molar-refractivity contribution >= 4 is 88.0 Å². The van der Waals surface area contributed by atoms with E-state index in [0.29, 0.717) is 0 Å². The molecule has 0 fully saturated rings. The van der Waals surface area contributed by atoms with Gasteiger partial charge in [0.05, 0.1) is 0 Å². The summed E-state index contributed by atoms with van der Waals surface area (Å²) in [4.78, 5) is 4.95. The van der Waals surface area contributed by atoms with Gasteiger partial charge in [0, 0.05) is 50.4 Å². The van der Waals surface area contributed by atoms with Crippen molar-refractivity contribution in [1.82, 2.24) is 0 Å². The van der Waals surface area contributed by atoms with E-state index in [4.69, 9.17) is 0 Å². The quantitative estimate of drug-likeness (QED) is 0.133. The van der Waals surface area contributed by atoms with Gasteiger partial charge in [0.15, 0.2) is 0 Å². The number of benzene rings is 16. The minimum atomic E-state index is -0.239. The van der Waals surface area contributed by atoms with Crippen LogP contribution in [0.3, 0.4) is 0 Å². The second kappa shape index (κ2) is 21.2. The summed E-state index contributed by atoms with van der Waals surface area (Å²) in [7, 11) is 0. The van der Waals surface area contributed by atoms with Crippen molar-refractivity contribution in [2.75, 3.05) is 9.80 Å². The number of hydrogen-bond donors (Lipinski definition) is 0. The second-order valence-electron chi connectivity index (χ2n) is 28.6. The fourth-order valence-electron chi connectivity index (χ4n) is 17.8. The maximum atomic E-state index is 2.54. The van der Waals surface area contributed by atoms with E-state index in [9.17, 15) is 0 Å². The molecule has 0 aromatic heterocycles. The molecule has 0 heterocycles. The number of anilines is 6. The van der Waals surface area contributed by atoms with Crippen molar-refractivity contribution in [2.24, 2.45) is 0 Å². The monoisotopic (exact) mass is 1240 g/mol. The molecule has 97 heavy (non-hydrogen) atoms. The first kappa shape index (κ1) is 56.9. The van der Waals surface area contributed by atoms with Gasteiger partial charge in [-0.05, 0) is 227 Å². The molecule has 19 rings (SSSR count). The summed E-state index contributed by atoms with van der Waals surface area (Å²) in [6, 6.07) is 120. The molecule has 2 nitrogen and oxygen atoms in total. The molecule has 0 aliphatic heterocycles. The summed E-state index contributed by atoms with van der Waals surface area (Å²) in [6.07, 6.45) is 0. The van der Waals surface area contributed by atoms with E-state index < -0.39 is 0 Å². The molecule has 0 amide bonds. The zero-order chi connectivity index (χ0) is 65.1. The fourth-order valence-corrected chi connectivity index (χ4v) is 17.8. The van der Waals surface area contributed by atoms with Crippen LogP contribution in [0.2, 0.25) is 0 Å². The van der Waals surface area contributed by atoms with Crippen molar-refractivity contribution < 1.29 is 0 Å². The molecule has 460 valence electrons. The van der Waals surface area contributed by atoms with E-state index in [2.05, 4.69) is 367 Å². The number of nitrogens with zero attached hydrogens (tertiary/aromatic N) is 2. The van der Waals surface area contributed by atoms with Crippen LogP contribution in [0.5, 0.6) is 0 Å². The predicted octanol–water partition coefficient (Wildman–Crippen LogP) is 26.3. The van der Waals surface area contributed by atoms with Crippen molar-refractivity contribution in [1.29, 1.82) is 0 Å². The highest BCUT2D eigenvalue weighted by Gasteiger charge is 2.38. The Kier molecular flexibility index (Phi) is 12.4. The van der Waals surface area contributed by atoms with Crippen molar-refractivity contribution in [2.45, 2.75) is 57.8 Å². The topological polar surface area (TPSA) is 6.48 Å². The van der Waals surface area contributed by atoms with Gasteiger partial charge in [0.2, 0.25) is 0 Å². The average Bonchev–Trinajstić information content (AvgIpc) is 1.53. The van der Waals surface area contributed by atoms with E-state index in [1.807, 2.05) is 0 Å². The molecule has 0 bridgehead atoms. The van der Waals surface area contributed by atoms with Crippen LogP contribution in [0, 0.1) is 0 Å². The lowest BCUT2D eigenvalue weighted by atomic mass is 9.67. The Bertz CT molecular complexity index is 5960. The van der Waals surface area contributed by atoms with Crippen molar-refractivity contribution in [3.63, 3.8) is 0 Å². The first-order valence-electron chi connectivity index (χ1n) is 34.3. The van der Waals surface area contributed by atoms with Gasteiger partial charge >= 0.3 is 0 Å². The van der Waals surface area contributed by atoms with Crippen LogP contribution in [0.25, 0.3) is 121 Å². The molecule has 16 aromatic rings. The standard InChI is InChI=1S/C95H70N2/c1-93(2)84-38-19-16-32-70(84)75-52-54-77(73-35-22-40-86(93)91(73)75)89-80-51-48-65(97(62-28-11-8-12-29-62)66-46-49-72-69-31-15-18-37-83(69)95(5,6)88(72)58-66)57-82(80)90(78-55-53-76-71-33-17-20-39-85(71)94(3,4)87-41-23-36-74(78)92(76)87)79-50-47-64(56-81(79)89)96(61-26-9-7-10-27-61)63-44-42-60(43-45-63)68-34-21-25-59-24-13-14-30-67(59)68/h7-58H,1-6H3. The van der Waals surface area contributed by atoms with Crippen LogP contribution in [0.15, 0.2) is 315 Å². The lowest BCUT2D eigenvalue weighted by Crippen LogP contribution is -2.23. The molecule has 3 aliphatic carbocycles. The maximum absolute atomic E-state index is 2.54. The number of para-hydroxylation sites is 2. The van der Waals surface area contributed by atoms with Gasteiger partial charge in [-0.15, -0.1) is 0 Å². The lowest BCUT2D eigenvalue weighted by molar-refractivity contribution is 0.645. The Balaban J connectivity index is 0.931. The zero-order valence-corrected chi connectivity index (χ0v) is 55.4. The Morgan fingerprint density at radius 1 is 0.196 bits per heavy atom. The minimum Gasteiger partial charge on any atom is -0.310 e. The number of fused-ring (bicyclic) bond motifs is 10. The van der Waals surface area contributed by atoms with Gasteiger partial charge in [0.25, 0.3) is 0 Å². The minimum absolute atomic E-state index is 0.190. The van der Waals surface area contributed by atoms with E-state index in [1.54, 1.807) is 0 Å². The summed E-state index contributed by atoms with van der Waals surface area (Å²) >= 11 is 0. The average molecular weight is 1240 g/mol. The molecule has 2 heteroatoms. The molecule has 0 atom stereocenters. The molecule has 3 aliphatic rings. The Hall–Kier alpha value is -11.6. The van der Waals surface area contributed by atoms with Crippen molar-refractivity contribution in [3.05, 3.63) is 349 Å². The van der Waals surface area contributed by atoms with Crippen LogP contribution in [0.4, 0.5) is 34.1 Å². The van der Waals surface area contributed by atoms with Gasteiger partial charge < -0.3 is 9.80 Å². The van der Waals surface area contributed by atoms with Gasteiger partial charge in [0.1, 0.15) is 0 Å². The molecule has 0 saturated heterocycles. The van der Waals surface area contributed by atoms with Crippen molar-refractivity contribution in [3.8, 4) is 66.8 Å². The summed E-state index contributed by atoms with van der Waals surface area (Å²) in [5.74, 6) is 0. The van der Waals surface area contributed by atoms with E-state index >= 15 is 0 Å². The van der Waals surface area contributed by atoms with Gasteiger partial charge in [-0.2, -0.15) is 0 Å². The van der Waals surface area contributed by atoms with E-state index in [1.165, 1.54) is 154 Å². The Morgan fingerprint density at radius 2 is 0.536 bits per heavy atom. The highest BCUT2D eigenvalue weighted by Crippen LogP contribution is 2.58. The van der Waals surface area contributed by atoms with Crippen LogP contribution in [0.1, 0.15) is 74.9 Å². The van der Waals surface area contributed by atoms with Gasteiger partial charge in [-0.3, -0.25) is 0 Å². The molecule has 0 N–H and O–H groups in total. The molecule has 0 saturated carbocycles. The van der Waals surface area contributed by atoms with Crippen LogP contribution in [-0.2, 0) is 16.2 Å². The fraction of sp³-hybridized carbons (Fsp3) is 0.0947. The highest BCUT2D eigenvalue weighted by atomic mass is 15.1. The summed E-state index contributed by atoms with van der Waals surface area (Å²) in [5.41, 5.74) is 29.1. The normalized spacial score (nSPS) is 14.1. The van der Waals surface area contributed by atoms with Crippen LogP contribution >= 0.6 is 0 Å². The van der Waals surface area contributed by atoms with Gasteiger partial charge in [-0.25, -0.2) is 0 Å². The van der Waals surface area contributed by atoms with E-state index in [0.717, 1.165) is 34.1 Å². The van der Waals surface area contributed by atoms with E-state index in [-0.39, 0.29) is 16.2 Å². The third kappa shape index (κ3) is 8.39. The molecular formula is C95H70N2. The Morgan fingerprint density at radius 3 is 1.07 bits per heavy atom. The summed E-state index contributed by atoms with van der Waals surface area (Å²) in [6.45, 7) is 14.4. The molecule has 16 aromatic carbocycles. The molecular weight excluding hydrogens is 1170 g/mol. The maximum Gasteiger partial charge on any atom is 0.0468 e. The third-order valence-electron chi connectivity index (χ3n) is 22.4. The number of hydrogen-bond acceptors (Lipinski definition) is 2. The lowest BCUT2D eigenvalue weighted by Gasteiger charge is -2.36. The summed E-state index contributed by atoms with van der Waals surface area (Å²) in [5, 5.41) is 12.4. The predicted molar refractivity (Wildman–Crippen MR) is 412 cm³/mol. The molecule has 0 radical (unpaired) electrons. The third-order valence-corrected chi connectivity index (χ3v) is 22.4. The van der Waals surface area contributed by atoms with Crippen LogP contribution in [-0.4, -0.2) is 0 Å². The zero-order valence-electron chi connectivity index (χ0n) is 55.4. The second-order valence-corrected chi connectivity index (χ2v) is 28.6. The van der Waals surface area contributed by atoms with Crippen LogP contribution < -0.4 is 9.80 Å². The first-order chi connectivity index (χ1) is 47.4. The highest BCUT2D eigenvalue weighted by molar-refractivity contribution is 6.28. The SMILES string of the molecule is CC1(C)c2ccccc2-c2ccc(N(c3ccccc3)c3ccc4c(-c5ccc6c7c(cccc57)C(C)(C)c5ccccc5-6)c5cc(N(c6ccccc6)c6ccc(-c7cccc8ccccc78)cc6)ccc5c(-c5ccc6c7c(cccc57)C(C)(C)c5ccccc5-6)c4c3)cc21. The Labute approximate surface area is 567 Å². The number of rotatable bonds is 9. The smallest absolute Gasteiger partial charge is 0.0468 e. The molecule has 0 unspecified atom stereocenters. The molecule has 0 spiro atoms. The summed E-state index contributed by atoms with van der Waals surface area (Å²) < 4.78 is 0. The van der Waals surface area contributed by atoms with Gasteiger partial charge in [-0.1, -0.05) is 284 Å². The largest absolute Gasteiger partial charge is 0.310 e. The first-order valence-corrected chi connectivity index (χ1v) is 34.3.